The van der Waals surface area contributed by atoms with Crippen molar-refractivity contribution in [1.82, 2.24) is 15.3 Å². The smallest absolute Gasteiger partial charge is 0.338 e. The number of hydrogen-bond donors (Lipinski definition) is 3. The molecular weight excluding hydrogens is 300 g/mol. The zero-order valence-electron chi connectivity index (χ0n) is 13.2. The first-order chi connectivity index (χ1) is 11.0. The van der Waals surface area contributed by atoms with Gasteiger partial charge in [0.1, 0.15) is 6.61 Å². The van der Waals surface area contributed by atoms with Crippen molar-refractivity contribution < 1.29 is 9.53 Å². The van der Waals surface area contributed by atoms with Gasteiger partial charge in [-0.2, -0.15) is 10.3 Å². The third-order valence-corrected chi connectivity index (χ3v) is 3.07. The quantitative estimate of drug-likeness (QED) is 0.203. The highest BCUT2D eigenvalue weighted by Crippen LogP contribution is 2.03. The molecule has 1 aromatic rings. The van der Waals surface area contributed by atoms with Crippen LogP contribution in [0, 0.1) is 18.4 Å². The van der Waals surface area contributed by atoms with Gasteiger partial charge in [0.25, 0.3) is 11.8 Å². The molecule has 0 saturated heterocycles. The van der Waals surface area contributed by atoms with Crippen LogP contribution in [0.3, 0.4) is 0 Å². The molecule has 4 N–H and O–H groups in total. The Bertz CT molecular complexity index is 595. The van der Waals surface area contributed by atoms with Crippen molar-refractivity contribution >= 4 is 12.0 Å². The van der Waals surface area contributed by atoms with Crippen molar-refractivity contribution in [2.24, 2.45) is 5.84 Å². The highest BCUT2D eigenvalue weighted by molar-refractivity contribution is 5.88. The molecular formula is C14H22N6O3. The number of aromatic amines is 1. The van der Waals surface area contributed by atoms with E-state index in [0.717, 1.165) is 37.1 Å². The minimum atomic E-state index is -0.527. The van der Waals surface area contributed by atoms with Crippen molar-refractivity contribution in [2.45, 2.75) is 39.0 Å². The number of aromatic nitrogens is 2. The topological polar surface area (TPSA) is 137 Å². The van der Waals surface area contributed by atoms with E-state index < -0.39 is 6.03 Å². The van der Waals surface area contributed by atoms with Crippen LogP contribution in [0.1, 0.15) is 37.8 Å². The van der Waals surface area contributed by atoms with Crippen LogP contribution in [0.15, 0.2) is 10.9 Å². The van der Waals surface area contributed by atoms with Crippen LogP contribution >= 0.6 is 0 Å². The normalized spacial score (nSPS) is 9.96. The van der Waals surface area contributed by atoms with E-state index in [9.17, 15) is 9.59 Å². The number of rotatable bonds is 9. The largest absolute Gasteiger partial charge is 0.428 e. The number of unbranched alkanes of at least 4 members (excludes halogenated alkanes) is 4. The number of nitrogens with zero attached hydrogens (tertiary/aromatic N) is 3. The van der Waals surface area contributed by atoms with Gasteiger partial charge in [-0.1, -0.05) is 19.3 Å². The molecule has 1 rings (SSSR count). The number of amides is 2. The lowest BCUT2D eigenvalue weighted by Crippen LogP contribution is -2.46. The molecule has 0 spiro atoms. The summed E-state index contributed by atoms with van der Waals surface area (Å²) in [5, 5.41) is 11.6. The fourth-order valence-corrected chi connectivity index (χ4v) is 1.93. The van der Waals surface area contributed by atoms with E-state index in [2.05, 4.69) is 20.0 Å². The van der Waals surface area contributed by atoms with E-state index in [1.54, 1.807) is 13.2 Å². The molecule has 9 heteroatoms. The van der Waals surface area contributed by atoms with Crippen LogP contribution in [-0.4, -0.2) is 29.2 Å². The van der Waals surface area contributed by atoms with Crippen LogP contribution < -0.4 is 21.7 Å². The first-order valence-electron chi connectivity index (χ1n) is 7.46. The predicted octanol–water partition coefficient (Wildman–Crippen LogP) is 0.916. The van der Waals surface area contributed by atoms with Crippen LogP contribution in [0.5, 0.6) is 0 Å². The lowest BCUT2D eigenvalue weighted by molar-refractivity contribution is 0.245. The number of ether oxygens (including phenoxy) is 1. The third kappa shape index (κ3) is 7.28. The maximum atomic E-state index is 11.9. The van der Waals surface area contributed by atoms with Crippen LogP contribution in [0.25, 0.3) is 0 Å². The number of anilines is 1. The molecule has 0 aromatic carbocycles. The molecule has 0 aliphatic rings. The molecule has 1 aromatic heterocycles. The van der Waals surface area contributed by atoms with Gasteiger partial charge in [-0.3, -0.25) is 9.78 Å². The van der Waals surface area contributed by atoms with E-state index >= 15 is 0 Å². The highest BCUT2D eigenvalue weighted by atomic mass is 16.5. The van der Waals surface area contributed by atoms with Crippen molar-refractivity contribution in [3.05, 3.63) is 22.1 Å². The second-order valence-corrected chi connectivity index (χ2v) is 5.02. The summed E-state index contributed by atoms with van der Waals surface area (Å²) in [6.07, 6.45) is 6.24. The fraction of sp³-hybridized carbons (Fsp3) is 0.571. The number of carbonyl (C=O) groups excluding carboxylic acids is 1. The van der Waals surface area contributed by atoms with Crippen molar-refractivity contribution in [3.63, 3.8) is 0 Å². The SMILES string of the molecule is Cc1cc(=O)[nH]c(N(N)C(=O)NCCCCCCCOC#N)n1. The number of nitrogens with two attached hydrogens (primary N) is 1. The van der Waals surface area contributed by atoms with Gasteiger partial charge in [0.15, 0.2) is 0 Å². The molecule has 0 radical (unpaired) electrons. The fourth-order valence-electron chi connectivity index (χ4n) is 1.93. The molecule has 0 atom stereocenters. The van der Waals surface area contributed by atoms with Gasteiger partial charge >= 0.3 is 6.03 Å². The molecule has 126 valence electrons. The summed E-state index contributed by atoms with van der Waals surface area (Å²) in [7, 11) is 0. The summed E-state index contributed by atoms with van der Waals surface area (Å²) in [4.78, 5) is 29.6. The molecule has 0 bridgehead atoms. The molecule has 23 heavy (non-hydrogen) atoms. The summed E-state index contributed by atoms with van der Waals surface area (Å²) in [6, 6.07) is 0.790. The van der Waals surface area contributed by atoms with Gasteiger partial charge in [-0.05, 0) is 19.8 Å². The number of aryl methyl sites for hydroxylation is 1. The predicted molar refractivity (Wildman–Crippen MR) is 84.3 cm³/mol. The third-order valence-electron chi connectivity index (χ3n) is 3.07. The van der Waals surface area contributed by atoms with E-state index in [4.69, 9.17) is 11.1 Å². The average Bonchev–Trinajstić information content (AvgIpc) is 2.51. The maximum Gasteiger partial charge on any atom is 0.338 e. The minimum absolute atomic E-state index is 0.00462. The second kappa shape index (κ2) is 10.2. The number of nitriles is 1. The number of carbonyl (C=O) groups is 1. The van der Waals surface area contributed by atoms with Gasteiger partial charge < -0.3 is 10.1 Å². The van der Waals surface area contributed by atoms with Crippen molar-refractivity contribution in [2.75, 3.05) is 18.2 Å². The van der Waals surface area contributed by atoms with Crippen molar-refractivity contribution in [1.29, 1.82) is 5.26 Å². The van der Waals surface area contributed by atoms with E-state index in [1.165, 1.54) is 6.07 Å². The monoisotopic (exact) mass is 322 g/mol. The molecule has 0 fully saturated rings. The van der Waals surface area contributed by atoms with Gasteiger partial charge in [0, 0.05) is 18.3 Å². The van der Waals surface area contributed by atoms with E-state index in [-0.39, 0.29) is 11.5 Å². The lowest BCUT2D eigenvalue weighted by atomic mass is 10.1. The summed E-state index contributed by atoms with van der Waals surface area (Å²) >= 11 is 0. The summed E-state index contributed by atoms with van der Waals surface area (Å²) in [5.41, 5.74) is 0.114. The Morgan fingerprint density at radius 2 is 2.13 bits per heavy atom. The molecule has 1 heterocycles. The van der Waals surface area contributed by atoms with Crippen LogP contribution in [-0.2, 0) is 4.74 Å². The van der Waals surface area contributed by atoms with Crippen LogP contribution in [0.2, 0.25) is 0 Å². The standard InChI is InChI=1S/C14H22N6O3/c1-11-9-12(21)19-13(18-11)20(16)14(22)17-7-5-3-2-4-6-8-23-10-15/h9H,2-8,16H2,1H3,(H,17,22)(H,18,19,21). The molecule has 0 aliphatic heterocycles. The van der Waals surface area contributed by atoms with Gasteiger partial charge in [-0.25, -0.2) is 15.6 Å². The highest BCUT2D eigenvalue weighted by Gasteiger charge is 2.13. The Morgan fingerprint density at radius 3 is 2.83 bits per heavy atom. The number of H-pyrrole nitrogens is 1. The summed E-state index contributed by atoms with van der Waals surface area (Å²) in [6.45, 7) is 2.58. The zero-order chi connectivity index (χ0) is 17.1. The van der Waals surface area contributed by atoms with Gasteiger partial charge in [0.05, 0.1) is 0 Å². The van der Waals surface area contributed by atoms with Gasteiger partial charge in [-0.15, -0.1) is 0 Å². The number of hydrazine groups is 1. The number of hydrogen-bond acceptors (Lipinski definition) is 6. The Kier molecular flexibility index (Phi) is 8.17. The molecule has 9 nitrogen and oxygen atoms in total. The molecule has 0 aliphatic carbocycles. The summed E-state index contributed by atoms with van der Waals surface area (Å²) in [5.74, 6) is 5.64. The Hall–Kier alpha value is -2.60. The maximum absolute atomic E-state index is 11.9. The lowest BCUT2D eigenvalue weighted by Gasteiger charge is -2.16. The first kappa shape index (κ1) is 18.4. The summed E-state index contributed by atoms with van der Waals surface area (Å²) < 4.78 is 4.58. The second-order valence-electron chi connectivity index (χ2n) is 5.02. The average molecular weight is 322 g/mol. The molecule has 2 amide bonds. The minimum Gasteiger partial charge on any atom is -0.428 e. The van der Waals surface area contributed by atoms with E-state index in [1.807, 2.05) is 0 Å². The Labute approximate surface area is 134 Å². The Balaban J connectivity index is 2.21. The molecule has 0 unspecified atom stereocenters. The van der Waals surface area contributed by atoms with Gasteiger partial charge in [0.2, 0.25) is 5.95 Å². The number of nitrogens with one attached hydrogen (secondary N) is 2. The van der Waals surface area contributed by atoms with Crippen molar-refractivity contribution in [3.8, 4) is 6.26 Å². The zero-order valence-corrected chi connectivity index (χ0v) is 13.2. The van der Waals surface area contributed by atoms with Crippen LogP contribution in [0.4, 0.5) is 10.7 Å². The first-order valence-corrected chi connectivity index (χ1v) is 7.46. The number of urea groups is 1. The molecule has 0 saturated carbocycles. The van der Waals surface area contributed by atoms with E-state index in [0.29, 0.717) is 18.8 Å². The Morgan fingerprint density at radius 1 is 1.43 bits per heavy atom.